The number of fused-ring (bicyclic) bond motifs is 2. The fourth-order valence-electron chi connectivity index (χ4n) is 3.85. The molecule has 0 spiro atoms. The van der Waals surface area contributed by atoms with E-state index in [9.17, 15) is 9.90 Å². The summed E-state index contributed by atoms with van der Waals surface area (Å²) < 4.78 is -0.806. The van der Waals surface area contributed by atoms with Crippen molar-refractivity contribution in [3.63, 3.8) is 0 Å². The summed E-state index contributed by atoms with van der Waals surface area (Å²) in [5, 5.41) is 11.2. The Bertz CT molecular complexity index is 440. The fraction of sp³-hybridized carbons (Fsp3) is 0.867. The van der Waals surface area contributed by atoms with Gasteiger partial charge in [-0.1, -0.05) is 18.2 Å². The molecule has 4 heteroatoms. The highest BCUT2D eigenvalue weighted by Gasteiger charge is 2.52. The van der Waals surface area contributed by atoms with Crippen molar-refractivity contribution in [1.29, 1.82) is 0 Å². The number of aliphatic hydroxyl groups is 1. The number of amides is 1. The van der Waals surface area contributed by atoms with E-state index in [1.165, 1.54) is 37.4 Å². The minimum Gasteiger partial charge on any atom is -0.388 e. The number of thioether (sulfide) groups is 1. The molecule has 106 valence electrons. The van der Waals surface area contributed by atoms with Crippen LogP contribution in [0.5, 0.6) is 0 Å². The number of carbonyl (C=O) groups is 1. The molecule has 19 heavy (non-hydrogen) atoms. The van der Waals surface area contributed by atoms with Crippen LogP contribution in [0.1, 0.15) is 52.9 Å². The molecule has 2 bridgehead atoms. The molecule has 1 N–H and O–H groups in total. The molecule has 2 saturated carbocycles. The second-order valence-corrected chi connectivity index (χ2v) is 8.64. The maximum Gasteiger partial charge on any atom is 0.265 e. The predicted molar refractivity (Wildman–Crippen MR) is 78.3 cm³/mol. The topological polar surface area (TPSA) is 49.7 Å². The summed E-state index contributed by atoms with van der Waals surface area (Å²) >= 11 is 1.49. The lowest BCUT2D eigenvalue weighted by atomic mass is 9.87. The van der Waals surface area contributed by atoms with Crippen molar-refractivity contribution in [1.82, 2.24) is 0 Å². The highest BCUT2D eigenvalue weighted by molar-refractivity contribution is 8.16. The summed E-state index contributed by atoms with van der Waals surface area (Å²) in [6.45, 7) is 5.22. The van der Waals surface area contributed by atoms with Crippen LogP contribution in [0.3, 0.4) is 0 Å². The summed E-state index contributed by atoms with van der Waals surface area (Å²) in [7, 11) is 0. The van der Waals surface area contributed by atoms with Crippen molar-refractivity contribution < 1.29 is 9.90 Å². The second kappa shape index (κ2) is 4.32. The third-order valence-corrected chi connectivity index (χ3v) is 7.02. The SMILES string of the molecule is CC(C)(O)[C@@]1(C)SC(C[C@H]2C[C@@H]3CC[C@H]2C3)=NC1=O. The molecule has 1 heterocycles. The maximum atomic E-state index is 12.1. The van der Waals surface area contributed by atoms with Crippen LogP contribution in [-0.2, 0) is 4.79 Å². The van der Waals surface area contributed by atoms with E-state index >= 15 is 0 Å². The van der Waals surface area contributed by atoms with Crippen LogP contribution in [0.4, 0.5) is 0 Å². The van der Waals surface area contributed by atoms with Crippen molar-refractivity contribution in [2.75, 3.05) is 0 Å². The van der Waals surface area contributed by atoms with Gasteiger partial charge in [-0.2, -0.15) is 0 Å². The number of aliphatic imine (C=N–C) groups is 1. The zero-order valence-corrected chi connectivity index (χ0v) is 12.8. The Morgan fingerprint density at radius 2 is 2.16 bits per heavy atom. The molecule has 0 aromatic rings. The van der Waals surface area contributed by atoms with Gasteiger partial charge >= 0.3 is 0 Å². The molecule has 3 nitrogen and oxygen atoms in total. The highest BCUT2D eigenvalue weighted by Crippen LogP contribution is 2.52. The van der Waals surface area contributed by atoms with Crippen LogP contribution in [0.2, 0.25) is 0 Å². The van der Waals surface area contributed by atoms with E-state index < -0.39 is 10.3 Å². The molecule has 1 aliphatic heterocycles. The molecule has 1 amide bonds. The van der Waals surface area contributed by atoms with Gasteiger partial charge in [0.2, 0.25) is 0 Å². The lowest BCUT2D eigenvalue weighted by molar-refractivity contribution is -0.124. The van der Waals surface area contributed by atoms with Crippen molar-refractivity contribution in [3.05, 3.63) is 0 Å². The van der Waals surface area contributed by atoms with Gasteiger partial charge in [-0.3, -0.25) is 4.79 Å². The quantitative estimate of drug-likeness (QED) is 0.865. The summed E-state index contributed by atoms with van der Waals surface area (Å²) in [6, 6.07) is 0. The molecule has 3 aliphatic rings. The molecule has 0 aromatic heterocycles. The van der Waals surface area contributed by atoms with E-state index in [1.807, 2.05) is 6.92 Å². The third kappa shape index (κ3) is 2.17. The summed E-state index contributed by atoms with van der Waals surface area (Å²) in [4.78, 5) is 16.4. The average molecular weight is 281 g/mol. The molecule has 2 fully saturated rings. The lowest BCUT2D eigenvalue weighted by Crippen LogP contribution is -2.48. The Labute approximate surface area is 119 Å². The van der Waals surface area contributed by atoms with Crippen LogP contribution in [0.15, 0.2) is 4.99 Å². The van der Waals surface area contributed by atoms with E-state index in [-0.39, 0.29) is 5.91 Å². The van der Waals surface area contributed by atoms with Crippen LogP contribution in [0.25, 0.3) is 0 Å². The number of hydrogen-bond donors (Lipinski definition) is 1. The predicted octanol–water partition coefficient (Wildman–Crippen LogP) is 3.01. The van der Waals surface area contributed by atoms with Gasteiger partial charge in [-0.05, 0) is 64.2 Å². The first-order chi connectivity index (χ1) is 8.79. The Morgan fingerprint density at radius 3 is 2.63 bits per heavy atom. The monoisotopic (exact) mass is 281 g/mol. The van der Waals surface area contributed by atoms with E-state index in [0.717, 1.165) is 29.2 Å². The molecular formula is C15H23NO2S. The zero-order chi connectivity index (χ0) is 13.8. The van der Waals surface area contributed by atoms with E-state index in [1.54, 1.807) is 13.8 Å². The van der Waals surface area contributed by atoms with Gasteiger partial charge in [0, 0.05) is 0 Å². The Morgan fingerprint density at radius 1 is 1.42 bits per heavy atom. The second-order valence-electron chi connectivity index (χ2n) is 7.14. The van der Waals surface area contributed by atoms with Gasteiger partial charge < -0.3 is 5.11 Å². The Kier molecular flexibility index (Phi) is 3.10. The smallest absolute Gasteiger partial charge is 0.265 e. The Hall–Kier alpha value is -0.350. The van der Waals surface area contributed by atoms with Crippen LogP contribution in [0, 0.1) is 17.8 Å². The fourth-order valence-corrected chi connectivity index (χ4v) is 5.13. The summed E-state index contributed by atoms with van der Waals surface area (Å²) in [5.41, 5.74) is -1.03. The minimum absolute atomic E-state index is 0.164. The first-order valence-corrected chi connectivity index (χ1v) is 8.14. The van der Waals surface area contributed by atoms with Crippen molar-refractivity contribution in [3.8, 4) is 0 Å². The standard InChI is InChI=1S/C15H23NO2S/c1-14(2,18)15(3)13(17)16-12(19-15)8-11-7-9-4-5-10(11)6-9/h9-11,18H,4-8H2,1-3H3/t9-,10+,11-,15+/m1/s1. The molecule has 4 atom stereocenters. The molecule has 0 unspecified atom stereocenters. The average Bonchev–Trinajstić information content (AvgIpc) is 2.94. The van der Waals surface area contributed by atoms with Gasteiger partial charge in [0.25, 0.3) is 5.91 Å². The number of nitrogens with zero attached hydrogens (tertiary/aromatic N) is 1. The molecule has 0 saturated heterocycles. The third-order valence-electron chi connectivity index (χ3n) is 5.45. The van der Waals surface area contributed by atoms with Crippen LogP contribution < -0.4 is 0 Å². The molecule has 0 radical (unpaired) electrons. The van der Waals surface area contributed by atoms with Gasteiger partial charge in [-0.25, -0.2) is 4.99 Å². The van der Waals surface area contributed by atoms with E-state index in [0.29, 0.717) is 0 Å². The van der Waals surface area contributed by atoms with Crippen LogP contribution >= 0.6 is 11.8 Å². The van der Waals surface area contributed by atoms with E-state index in [4.69, 9.17) is 0 Å². The van der Waals surface area contributed by atoms with Crippen molar-refractivity contribution >= 4 is 22.7 Å². The zero-order valence-electron chi connectivity index (χ0n) is 12.0. The van der Waals surface area contributed by atoms with Crippen molar-refractivity contribution in [2.24, 2.45) is 22.7 Å². The minimum atomic E-state index is -1.03. The number of hydrogen-bond acceptors (Lipinski definition) is 3. The van der Waals surface area contributed by atoms with Gasteiger partial charge in [0.15, 0.2) is 0 Å². The first kappa shape index (κ1) is 13.6. The molecular weight excluding hydrogens is 258 g/mol. The summed E-state index contributed by atoms with van der Waals surface area (Å²) in [6.07, 6.45) is 6.42. The van der Waals surface area contributed by atoms with Gasteiger partial charge in [-0.15, -0.1) is 0 Å². The molecule has 2 aliphatic carbocycles. The van der Waals surface area contributed by atoms with E-state index in [2.05, 4.69) is 4.99 Å². The Balaban J connectivity index is 1.68. The number of carbonyl (C=O) groups excluding carboxylic acids is 1. The normalized spacial score (nSPS) is 42.0. The van der Waals surface area contributed by atoms with Gasteiger partial charge in [0.05, 0.1) is 10.6 Å². The van der Waals surface area contributed by atoms with Crippen LogP contribution in [-0.4, -0.2) is 26.4 Å². The first-order valence-electron chi connectivity index (χ1n) is 7.33. The van der Waals surface area contributed by atoms with Gasteiger partial charge in [0.1, 0.15) is 4.75 Å². The number of rotatable bonds is 3. The molecule has 0 aromatic carbocycles. The maximum absolute atomic E-state index is 12.1. The lowest BCUT2D eigenvalue weighted by Gasteiger charge is -2.33. The van der Waals surface area contributed by atoms with Crippen molar-refractivity contribution in [2.45, 2.75) is 63.2 Å². The summed E-state index contributed by atoms with van der Waals surface area (Å²) in [5.74, 6) is 2.35. The highest BCUT2D eigenvalue weighted by atomic mass is 32.2. The molecule has 3 rings (SSSR count). The largest absolute Gasteiger partial charge is 0.388 e.